The van der Waals surface area contributed by atoms with Crippen molar-refractivity contribution in [3.63, 3.8) is 0 Å². The summed E-state index contributed by atoms with van der Waals surface area (Å²) in [6.45, 7) is 4.16. The van der Waals surface area contributed by atoms with Crippen LogP contribution in [-0.2, 0) is 0 Å². The predicted octanol–water partition coefficient (Wildman–Crippen LogP) is 8.65. The average Bonchev–Trinajstić information content (AvgIpc) is 2.85. The normalized spacial score (nSPS) is 11.2. The number of fused-ring (bicyclic) bond motifs is 4. The summed E-state index contributed by atoms with van der Waals surface area (Å²) in [5.74, 6) is 6.55. The molecule has 0 saturated heterocycles. The van der Waals surface area contributed by atoms with Gasteiger partial charge in [-0.05, 0) is 73.6 Å². The zero-order valence-electron chi connectivity index (χ0n) is 18.2. The van der Waals surface area contributed by atoms with Crippen molar-refractivity contribution in [3.05, 3.63) is 108 Å². The summed E-state index contributed by atoms with van der Waals surface area (Å²) in [6.07, 6.45) is 0. The second kappa shape index (κ2) is 7.26. The molecule has 0 N–H and O–H groups in total. The number of rotatable bonds is 1. The first-order valence-corrected chi connectivity index (χ1v) is 11.1. The van der Waals surface area contributed by atoms with Crippen molar-refractivity contribution in [1.82, 2.24) is 0 Å². The van der Waals surface area contributed by atoms with Gasteiger partial charge in [-0.2, -0.15) is 0 Å². The molecule has 0 spiro atoms. The molecule has 0 fully saturated rings. The van der Waals surface area contributed by atoms with E-state index in [4.69, 9.17) is 0 Å². The standard InChI is InChI=1S/C32H22/c1-3-12-24-25-15-6-10-19-29(25)32(30-20-11-7-16-26(24)30)31-27-17-8-4-13-22(27)21(2)23-14-5-9-18-28(23)31/h4-11,13-20H,1-2H3. The Balaban J connectivity index is 1.96. The average molecular weight is 407 g/mol. The highest BCUT2D eigenvalue weighted by Gasteiger charge is 2.19. The number of aryl methyl sites for hydroxylation is 1. The van der Waals surface area contributed by atoms with Crippen LogP contribution < -0.4 is 0 Å². The second-order valence-electron chi connectivity index (χ2n) is 8.31. The van der Waals surface area contributed by atoms with Crippen molar-refractivity contribution in [1.29, 1.82) is 0 Å². The van der Waals surface area contributed by atoms with Crippen LogP contribution in [0.25, 0.3) is 54.2 Å². The predicted molar refractivity (Wildman–Crippen MR) is 139 cm³/mol. The molecule has 0 aliphatic heterocycles. The Labute approximate surface area is 188 Å². The van der Waals surface area contributed by atoms with E-state index in [1.807, 2.05) is 6.92 Å². The lowest BCUT2D eigenvalue weighted by Crippen LogP contribution is -1.94. The van der Waals surface area contributed by atoms with E-state index >= 15 is 0 Å². The molecule has 32 heavy (non-hydrogen) atoms. The van der Waals surface area contributed by atoms with Gasteiger partial charge in [0, 0.05) is 5.56 Å². The first kappa shape index (κ1) is 18.7. The summed E-state index contributed by atoms with van der Waals surface area (Å²) in [6, 6.07) is 35.1. The molecule has 0 aliphatic rings. The molecule has 0 bridgehead atoms. The van der Waals surface area contributed by atoms with E-state index in [0.29, 0.717) is 0 Å². The van der Waals surface area contributed by atoms with Crippen LogP contribution >= 0.6 is 0 Å². The number of hydrogen-bond donors (Lipinski definition) is 0. The van der Waals surface area contributed by atoms with E-state index in [0.717, 1.165) is 5.56 Å². The second-order valence-corrected chi connectivity index (χ2v) is 8.31. The van der Waals surface area contributed by atoms with E-state index in [2.05, 4.69) is 116 Å². The first-order valence-electron chi connectivity index (χ1n) is 11.1. The van der Waals surface area contributed by atoms with Gasteiger partial charge in [0.1, 0.15) is 0 Å². The minimum atomic E-state index is 1.11. The molecule has 0 amide bonds. The highest BCUT2D eigenvalue weighted by molar-refractivity contribution is 6.25. The third-order valence-corrected chi connectivity index (χ3v) is 6.63. The van der Waals surface area contributed by atoms with Crippen LogP contribution in [0.2, 0.25) is 0 Å². The Morgan fingerprint density at radius 1 is 0.438 bits per heavy atom. The molecule has 0 aromatic heterocycles. The number of benzene rings is 6. The fraction of sp³-hybridized carbons (Fsp3) is 0.0625. The Morgan fingerprint density at radius 2 is 0.750 bits per heavy atom. The molecule has 0 atom stereocenters. The molecule has 0 aliphatic carbocycles. The van der Waals surface area contributed by atoms with Gasteiger partial charge in [-0.3, -0.25) is 0 Å². The van der Waals surface area contributed by atoms with Gasteiger partial charge in [0.05, 0.1) is 0 Å². The maximum Gasteiger partial charge on any atom is 0.0402 e. The SMILES string of the molecule is CC#Cc1c2ccccc2c(-c2c3ccccc3c(C)c3ccccc23)c2ccccc12. The van der Waals surface area contributed by atoms with Crippen LogP contribution in [0.5, 0.6) is 0 Å². The summed E-state index contributed by atoms with van der Waals surface area (Å²) < 4.78 is 0. The molecule has 0 unspecified atom stereocenters. The Hall–Kier alpha value is -4.08. The topological polar surface area (TPSA) is 0 Å². The maximum absolute atomic E-state index is 3.41. The zero-order valence-corrected chi connectivity index (χ0v) is 18.2. The van der Waals surface area contributed by atoms with E-state index < -0.39 is 0 Å². The van der Waals surface area contributed by atoms with Crippen LogP contribution in [0.1, 0.15) is 18.1 Å². The molecular weight excluding hydrogens is 384 g/mol. The largest absolute Gasteiger partial charge is 0.101 e. The molecule has 0 heteroatoms. The van der Waals surface area contributed by atoms with Crippen molar-refractivity contribution in [2.45, 2.75) is 13.8 Å². The molecule has 0 heterocycles. The molecule has 0 radical (unpaired) electrons. The molecular formula is C32H22. The molecule has 150 valence electrons. The van der Waals surface area contributed by atoms with Crippen LogP contribution in [0.3, 0.4) is 0 Å². The summed E-state index contributed by atoms with van der Waals surface area (Å²) in [4.78, 5) is 0. The summed E-state index contributed by atoms with van der Waals surface area (Å²) in [7, 11) is 0. The lowest BCUT2D eigenvalue weighted by Gasteiger charge is -2.20. The Morgan fingerprint density at radius 3 is 1.12 bits per heavy atom. The number of hydrogen-bond acceptors (Lipinski definition) is 0. The molecule has 6 aromatic rings. The molecule has 6 rings (SSSR count). The van der Waals surface area contributed by atoms with Gasteiger partial charge < -0.3 is 0 Å². The van der Waals surface area contributed by atoms with Gasteiger partial charge in [0.15, 0.2) is 0 Å². The van der Waals surface area contributed by atoms with Crippen LogP contribution in [-0.4, -0.2) is 0 Å². The van der Waals surface area contributed by atoms with Crippen molar-refractivity contribution in [2.24, 2.45) is 0 Å². The summed E-state index contributed by atoms with van der Waals surface area (Å²) >= 11 is 0. The van der Waals surface area contributed by atoms with Gasteiger partial charge in [0.25, 0.3) is 0 Å². The van der Waals surface area contributed by atoms with Gasteiger partial charge in [-0.15, -0.1) is 5.92 Å². The van der Waals surface area contributed by atoms with Crippen molar-refractivity contribution in [3.8, 4) is 23.0 Å². The Kier molecular flexibility index (Phi) is 4.23. The van der Waals surface area contributed by atoms with Crippen molar-refractivity contribution in [2.75, 3.05) is 0 Å². The van der Waals surface area contributed by atoms with E-state index in [-0.39, 0.29) is 0 Å². The van der Waals surface area contributed by atoms with Crippen LogP contribution in [0.15, 0.2) is 97.1 Å². The fourth-order valence-corrected chi connectivity index (χ4v) is 5.27. The van der Waals surface area contributed by atoms with E-state index in [1.165, 1.54) is 59.8 Å². The maximum atomic E-state index is 3.41. The molecule has 0 saturated carbocycles. The van der Waals surface area contributed by atoms with Gasteiger partial charge in [-0.1, -0.05) is 103 Å². The lowest BCUT2D eigenvalue weighted by molar-refractivity contribution is 1.58. The summed E-state index contributed by atoms with van der Waals surface area (Å²) in [5.41, 5.74) is 5.06. The highest BCUT2D eigenvalue weighted by Crippen LogP contribution is 2.45. The van der Waals surface area contributed by atoms with Crippen LogP contribution in [0, 0.1) is 18.8 Å². The van der Waals surface area contributed by atoms with Crippen LogP contribution in [0.4, 0.5) is 0 Å². The monoisotopic (exact) mass is 406 g/mol. The van der Waals surface area contributed by atoms with Crippen molar-refractivity contribution >= 4 is 43.1 Å². The van der Waals surface area contributed by atoms with Crippen molar-refractivity contribution < 1.29 is 0 Å². The van der Waals surface area contributed by atoms with Gasteiger partial charge in [-0.25, -0.2) is 0 Å². The highest BCUT2D eigenvalue weighted by atomic mass is 14.2. The van der Waals surface area contributed by atoms with Gasteiger partial charge in [0.2, 0.25) is 0 Å². The molecule has 0 nitrogen and oxygen atoms in total. The lowest BCUT2D eigenvalue weighted by atomic mass is 9.83. The van der Waals surface area contributed by atoms with E-state index in [1.54, 1.807) is 0 Å². The quantitative estimate of drug-likeness (QED) is 0.189. The molecule has 6 aromatic carbocycles. The summed E-state index contributed by atoms with van der Waals surface area (Å²) in [5, 5.41) is 10.2. The third-order valence-electron chi connectivity index (χ3n) is 6.63. The third kappa shape index (κ3) is 2.58. The smallest absolute Gasteiger partial charge is 0.0402 e. The fourth-order valence-electron chi connectivity index (χ4n) is 5.27. The first-order chi connectivity index (χ1) is 15.8. The minimum Gasteiger partial charge on any atom is -0.101 e. The van der Waals surface area contributed by atoms with Gasteiger partial charge >= 0.3 is 0 Å². The Bertz CT molecular complexity index is 1630. The van der Waals surface area contributed by atoms with E-state index in [9.17, 15) is 0 Å². The zero-order chi connectivity index (χ0) is 21.7. The minimum absolute atomic E-state index is 1.11.